The van der Waals surface area contributed by atoms with Gasteiger partial charge in [0.25, 0.3) is 5.91 Å². The number of nitrogens with zero attached hydrogens (tertiary/aromatic N) is 4. The van der Waals surface area contributed by atoms with E-state index < -0.39 is 11.7 Å². The number of aryl methyl sites for hydroxylation is 2. The molecular formula is C24H17F2N5O2. The Kier molecular flexibility index (Phi) is 4.93. The van der Waals surface area contributed by atoms with E-state index in [-0.39, 0.29) is 17.1 Å². The van der Waals surface area contributed by atoms with Gasteiger partial charge in [0.05, 0.1) is 11.4 Å². The molecule has 0 unspecified atom stereocenters. The Labute approximate surface area is 186 Å². The lowest BCUT2D eigenvalue weighted by atomic mass is 10.1. The predicted molar refractivity (Wildman–Crippen MR) is 118 cm³/mol. The van der Waals surface area contributed by atoms with Crippen LogP contribution in [0.1, 0.15) is 22.1 Å². The molecule has 9 heteroatoms. The van der Waals surface area contributed by atoms with Crippen molar-refractivity contribution in [1.29, 1.82) is 0 Å². The molecule has 2 aromatic carbocycles. The highest BCUT2D eigenvalue weighted by molar-refractivity contribution is 6.03. The van der Waals surface area contributed by atoms with Crippen molar-refractivity contribution < 1.29 is 18.0 Å². The molecule has 0 aliphatic carbocycles. The lowest BCUT2D eigenvalue weighted by Gasteiger charge is -2.06. The third-order valence-corrected chi connectivity index (χ3v) is 5.10. The molecule has 5 rings (SSSR count). The third-order valence-electron chi connectivity index (χ3n) is 5.10. The van der Waals surface area contributed by atoms with E-state index in [1.54, 1.807) is 48.8 Å². The molecule has 3 heterocycles. The Bertz CT molecular complexity index is 1520. The van der Waals surface area contributed by atoms with Gasteiger partial charge in [0, 0.05) is 47.9 Å². The second kappa shape index (κ2) is 7.94. The molecule has 1 N–H and O–H groups in total. The van der Waals surface area contributed by atoms with Crippen LogP contribution >= 0.6 is 0 Å². The highest BCUT2D eigenvalue weighted by Gasteiger charge is 2.18. The van der Waals surface area contributed by atoms with Gasteiger partial charge >= 0.3 is 0 Å². The van der Waals surface area contributed by atoms with Gasteiger partial charge in [0.15, 0.2) is 5.89 Å². The van der Waals surface area contributed by atoms with Crippen LogP contribution in [-0.4, -0.2) is 25.3 Å². The van der Waals surface area contributed by atoms with Gasteiger partial charge in [0.2, 0.25) is 11.5 Å². The molecule has 0 radical (unpaired) electrons. The van der Waals surface area contributed by atoms with E-state index in [4.69, 9.17) is 4.42 Å². The second-order valence-corrected chi connectivity index (χ2v) is 7.45. The maximum absolute atomic E-state index is 14.6. The highest BCUT2D eigenvalue weighted by atomic mass is 19.1. The summed E-state index contributed by atoms with van der Waals surface area (Å²) in [5, 5.41) is 2.69. The lowest BCUT2D eigenvalue weighted by molar-refractivity contribution is 0.0994. The number of nitrogens with one attached hydrogen (secondary N) is 1. The van der Waals surface area contributed by atoms with Crippen LogP contribution in [0.25, 0.3) is 28.2 Å². The van der Waals surface area contributed by atoms with Crippen LogP contribution in [-0.2, 0) is 0 Å². The van der Waals surface area contributed by atoms with Crippen molar-refractivity contribution >= 4 is 17.4 Å². The van der Waals surface area contributed by atoms with Crippen LogP contribution in [0, 0.1) is 25.5 Å². The number of carbonyl (C=O) groups is 1. The normalized spacial score (nSPS) is 11.2. The molecule has 0 bridgehead atoms. The second-order valence-electron chi connectivity index (χ2n) is 7.45. The molecule has 5 aromatic rings. The van der Waals surface area contributed by atoms with Crippen molar-refractivity contribution in [2.24, 2.45) is 0 Å². The smallest absolute Gasteiger partial charge is 0.293 e. The fourth-order valence-corrected chi connectivity index (χ4v) is 3.58. The van der Waals surface area contributed by atoms with Gasteiger partial charge in [0.1, 0.15) is 11.6 Å². The van der Waals surface area contributed by atoms with Gasteiger partial charge in [-0.25, -0.2) is 23.7 Å². The van der Waals surface area contributed by atoms with Gasteiger partial charge in [-0.05, 0) is 31.2 Å². The van der Waals surface area contributed by atoms with E-state index in [9.17, 15) is 13.6 Å². The Morgan fingerprint density at radius 3 is 2.55 bits per heavy atom. The number of oxazole rings is 1. The number of hydrogen-bond donors (Lipinski definition) is 1. The summed E-state index contributed by atoms with van der Waals surface area (Å²) in [4.78, 5) is 25.2. The maximum atomic E-state index is 14.6. The van der Waals surface area contributed by atoms with Crippen molar-refractivity contribution in [1.82, 2.24) is 19.4 Å². The molecule has 3 aromatic heterocycles. The first-order chi connectivity index (χ1) is 15.9. The van der Waals surface area contributed by atoms with Crippen molar-refractivity contribution in [3.05, 3.63) is 90.0 Å². The molecule has 0 aliphatic rings. The number of hydrogen-bond acceptors (Lipinski definition) is 5. The molecule has 0 saturated heterocycles. The molecular weight excluding hydrogens is 428 g/mol. The number of amides is 1. The maximum Gasteiger partial charge on any atom is 0.293 e. The first-order valence-corrected chi connectivity index (χ1v) is 10.0. The molecule has 0 aliphatic heterocycles. The molecule has 0 atom stereocenters. The molecule has 7 nitrogen and oxygen atoms in total. The first-order valence-electron chi connectivity index (χ1n) is 10.0. The summed E-state index contributed by atoms with van der Waals surface area (Å²) < 4.78 is 35.7. The zero-order valence-corrected chi connectivity index (χ0v) is 17.6. The summed E-state index contributed by atoms with van der Waals surface area (Å²) in [6.45, 7) is 3.32. The van der Waals surface area contributed by atoms with E-state index >= 15 is 0 Å². The van der Waals surface area contributed by atoms with Crippen molar-refractivity contribution in [2.45, 2.75) is 13.8 Å². The number of rotatable bonds is 4. The number of halogens is 2. The Balaban J connectivity index is 1.48. The van der Waals surface area contributed by atoms with Crippen LogP contribution in [0.15, 0.2) is 65.5 Å². The van der Waals surface area contributed by atoms with E-state index in [1.807, 2.05) is 0 Å². The number of benzene rings is 2. The zero-order valence-electron chi connectivity index (χ0n) is 17.6. The van der Waals surface area contributed by atoms with Gasteiger partial charge in [-0.1, -0.05) is 18.2 Å². The summed E-state index contributed by atoms with van der Waals surface area (Å²) in [5.74, 6) is -0.577. The van der Waals surface area contributed by atoms with E-state index in [0.29, 0.717) is 39.9 Å². The van der Waals surface area contributed by atoms with Crippen LogP contribution in [0.2, 0.25) is 0 Å². The lowest BCUT2D eigenvalue weighted by Crippen LogP contribution is -2.12. The predicted octanol–water partition coefficient (Wildman–Crippen LogP) is 5.20. The van der Waals surface area contributed by atoms with Crippen molar-refractivity contribution in [3.8, 4) is 22.4 Å². The standard InChI is InChI=1S/C24H17F2N5O2/c1-13-22(33-14(2)28-13)23(32)29-16-7-8-20(26)18(9-16)21-12-31-11-15(10-27-24(31)30-21)17-5-3-4-6-19(17)25/h3-12H,1-2H3,(H,29,32). The summed E-state index contributed by atoms with van der Waals surface area (Å²) in [7, 11) is 0. The molecule has 0 fully saturated rings. The molecule has 0 spiro atoms. The Morgan fingerprint density at radius 1 is 1.00 bits per heavy atom. The van der Waals surface area contributed by atoms with Gasteiger partial charge < -0.3 is 9.73 Å². The number of imidazole rings is 1. The minimum atomic E-state index is -0.516. The van der Waals surface area contributed by atoms with Crippen LogP contribution in [0.3, 0.4) is 0 Å². The first kappa shape index (κ1) is 20.5. The third kappa shape index (κ3) is 3.84. The number of aromatic nitrogens is 4. The van der Waals surface area contributed by atoms with Crippen molar-refractivity contribution in [3.63, 3.8) is 0 Å². The van der Waals surface area contributed by atoms with Gasteiger partial charge in [-0.15, -0.1) is 0 Å². The minimum absolute atomic E-state index is 0.0935. The Hall–Kier alpha value is -4.40. The van der Waals surface area contributed by atoms with E-state index in [1.165, 1.54) is 30.5 Å². The zero-order chi connectivity index (χ0) is 23.1. The number of fused-ring (bicyclic) bond motifs is 1. The molecule has 1 amide bonds. The van der Waals surface area contributed by atoms with E-state index in [2.05, 4.69) is 20.3 Å². The quantitative estimate of drug-likeness (QED) is 0.411. The average Bonchev–Trinajstić information content (AvgIpc) is 3.37. The number of anilines is 1. The molecule has 0 saturated carbocycles. The topological polar surface area (TPSA) is 85.3 Å². The molecule has 33 heavy (non-hydrogen) atoms. The van der Waals surface area contributed by atoms with Crippen LogP contribution in [0.4, 0.5) is 14.5 Å². The SMILES string of the molecule is Cc1nc(C)c(C(=O)Nc2ccc(F)c(-c3cn4cc(-c5ccccc5F)cnc4n3)c2)o1. The summed E-state index contributed by atoms with van der Waals surface area (Å²) in [6.07, 6.45) is 4.79. The van der Waals surface area contributed by atoms with E-state index in [0.717, 1.165) is 0 Å². The Morgan fingerprint density at radius 2 is 1.79 bits per heavy atom. The summed E-state index contributed by atoms with van der Waals surface area (Å²) in [6, 6.07) is 10.5. The minimum Gasteiger partial charge on any atom is -0.436 e. The fraction of sp³-hybridized carbons (Fsp3) is 0.0833. The summed E-state index contributed by atoms with van der Waals surface area (Å²) in [5.41, 5.74) is 2.27. The highest BCUT2D eigenvalue weighted by Crippen LogP contribution is 2.28. The summed E-state index contributed by atoms with van der Waals surface area (Å²) >= 11 is 0. The van der Waals surface area contributed by atoms with Gasteiger partial charge in [-0.2, -0.15) is 0 Å². The molecule has 164 valence electrons. The fourth-order valence-electron chi connectivity index (χ4n) is 3.58. The van der Waals surface area contributed by atoms with Crippen LogP contribution in [0.5, 0.6) is 0 Å². The van der Waals surface area contributed by atoms with Gasteiger partial charge in [-0.3, -0.25) is 9.20 Å². The van der Waals surface area contributed by atoms with Crippen LogP contribution < -0.4 is 5.32 Å². The van der Waals surface area contributed by atoms with Crippen molar-refractivity contribution in [2.75, 3.05) is 5.32 Å². The largest absolute Gasteiger partial charge is 0.436 e. The monoisotopic (exact) mass is 445 g/mol. The average molecular weight is 445 g/mol. The number of carbonyl (C=O) groups excluding carboxylic acids is 1.